The Labute approximate surface area is 91.4 Å². The molecule has 0 bridgehead atoms. The van der Waals surface area contributed by atoms with Crippen molar-refractivity contribution in [2.45, 2.75) is 13.8 Å². The maximum Gasteiger partial charge on any atom is 0.280 e. The second-order valence-corrected chi connectivity index (χ2v) is 3.23. The normalized spacial score (nSPS) is 9.62. The number of ketones is 1. The third-order valence-electron chi connectivity index (χ3n) is 1.89. The number of amides is 1. The molecule has 0 unspecified atom stereocenters. The summed E-state index contributed by atoms with van der Waals surface area (Å²) < 4.78 is 0. The molecule has 1 amide bonds. The van der Waals surface area contributed by atoms with E-state index < -0.39 is 10.7 Å². The van der Waals surface area contributed by atoms with Gasteiger partial charge in [-0.05, 0) is 19.1 Å². The monoisotopic (exact) mass is 222 g/mol. The molecule has 84 valence electrons. The zero-order valence-corrected chi connectivity index (χ0v) is 8.81. The number of anilines is 1. The summed E-state index contributed by atoms with van der Waals surface area (Å²) in [7, 11) is 0. The fourth-order valence-corrected chi connectivity index (χ4v) is 1.26. The first kappa shape index (κ1) is 11.8. The van der Waals surface area contributed by atoms with E-state index in [-0.39, 0.29) is 17.2 Å². The molecule has 0 aliphatic carbocycles. The lowest BCUT2D eigenvalue weighted by atomic mass is 10.1. The largest absolute Gasteiger partial charge is 0.326 e. The topological polar surface area (TPSA) is 89.3 Å². The lowest BCUT2D eigenvalue weighted by Gasteiger charge is -2.04. The maximum absolute atomic E-state index is 11.2. The van der Waals surface area contributed by atoms with Crippen molar-refractivity contribution >= 4 is 23.1 Å². The highest BCUT2D eigenvalue weighted by molar-refractivity contribution is 6.00. The number of hydrogen-bond donors (Lipinski definition) is 1. The highest BCUT2D eigenvalue weighted by Crippen LogP contribution is 2.23. The second kappa shape index (κ2) is 4.52. The fourth-order valence-electron chi connectivity index (χ4n) is 1.26. The van der Waals surface area contributed by atoms with E-state index in [2.05, 4.69) is 5.32 Å². The van der Waals surface area contributed by atoms with Gasteiger partial charge >= 0.3 is 0 Å². The smallest absolute Gasteiger partial charge is 0.280 e. The van der Waals surface area contributed by atoms with Gasteiger partial charge in [-0.1, -0.05) is 0 Å². The average Bonchev–Trinajstić information content (AvgIpc) is 2.16. The summed E-state index contributed by atoms with van der Waals surface area (Å²) in [6.07, 6.45) is 0. The van der Waals surface area contributed by atoms with Crippen LogP contribution in [-0.4, -0.2) is 16.6 Å². The van der Waals surface area contributed by atoms with E-state index in [9.17, 15) is 19.7 Å². The van der Waals surface area contributed by atoms with Gasteiger partial charge < -0.3 is 5.32 Å². The van der Waals surface area contributed by atoms with Gasteiger partial charge in [0.2, 0.25) is 5.91 Å². The summed E-state index contributed by atoms with van der Waals surface area (Å²) in [5.41, 5.74) is 0.0844. The Morgan fingerprint density at radius 3 is 2.38 bits per heavy atom. The van der Waals surface area contributed by atoms with Crippen LogP contribution in [0.3, 0.4) is 0 Å². The van der Waals surface area contributed by atoms with Gasteiger partial charge in [-0.3, -0.25) is 19.7 Å². The van der Waals surface area contributed by atoms with E-state index >= 15 is 0 Å². The van der Waals surface area contributed by atoms with Crippen LogP contribution in [0, 0.1) is 10.1 Å². The Balaban J connectivity index is 3.22. The fraction of sp³-hybridized carbons (Fsp3) is 0.200. The molecule has 6 nitrogen and oxygen atoms in total. The first-order valence-electron chi connectivity index (χ1n) is 4.49. The summed E-state index contributed by atoms with van der Waals surface area (Å²) in [5, 5.41) is 13.1. The molecule has 1 aromatic rings. The van der Waals surface area contributed by atoms with E-state index in [0.29, 0.717) is 5.69 Å². The first-order chi connectivity index (χ1) is 7.41. The van der Waals surface area contributed by atoms with Crippen LogP contribution < -0.4 is 5.32 Å². The highest BCUT2D eigenvalue weighted by Gasteiger charge is 2.17. The number of benzene rings is 1. The molecule has 0 heterocycles. The number of nitro groups is 1. The molecule has 1 rings (SSSR count). The molecule has 0 fully saturated rings. The van der Waals surface area contributed by atoms with Gasteiger partial charge in [-0.25, -0.2) is 0 Å². The summed E-state index contributed by atoms with van der Waals surface area (Å²) in [4.78, 5) is 32.0. The van der Waals surface area contributed by atoms with E-state index in [1.165, 1.54) is 32.0 Å². The number of nitrogens with zero attached hydrogens (tertiary/aromatic N) is 1. The number of Topliss-reactive ketones (excluding diaryl/α,β-unsaturated/α-hetero) is 1. The van der Waals surface area contributed by atoms with Crippen LogP contribution in [0.5, 0.6) is 0 Å². The zero-order valence-electron chi connectivity index (χ0n) is 8.81. The number of rotatable bonds is 3. The zero-order chi connectivity index (χ0) is 12.3. The number of nitrogens with one attached hydrogen (secondary N) is 1. The van der Waals surface area contributed by atoms with Gasteiger partial charge in [0, 0.05) is 18.7 Å². The van der Waals surface area contributed by atoms with Crippen molar-refractivity contribution in [1.82, 2.24) is 0 Å². The minimum absolute atomic E-state index is 0.0174. The van der Waals surface area contributed by atoms with Crippen LogP contribution in [0.4, 0.5) is 11.4 Å². The summed E-state index contributed by atoms with van der Waals surface area (Å²) in [5.74, 6) is -0.720. The third kappa shape index (κ3) is 2.63. The van der Waals surface area contributed by atoms with Crippen molar-refractivity contribution in [3.05, 3.63) is 33.9 Å². The summed E-state index contributed by atoms with van der Waals surface area (Å²) in [6.45, 7) is 2.55. The lowest BCUT2D eigenvalue weighted by Crippen LogP contribution is -2.07. The summed E-state index contributed by atoms with van der Waals surface area (Å²) >= 11 is 0. The molecule has 0 radical (unpaired) electrons. The van der Waals surface area contributed by atoms with Gasteiger partial charge in [0.05, 0.1) is 10.5 Å². The first-order valence-corrected chi connectivity index (χ1v) is 4.49. The van der Waals surface area contributed by atoms with Crippen LogP contribution in [0.1, 0.15) is 24.2 Å². The molecular weight excluding hydrogens is 212 g/mol. The van der Waals surface area contributed by atoms with E-state index in [1.54, 1.807) is 0 Å². The van der Waals surface area contributed by atoms with Gasteiger partial charge in [-0.2, -0.15) is 0 Å². The molecule has 0 aliphatic heterocycles. The lowest BCUT2D eigenvalue weighted by molar-refractivity contribution is -0.385. The van der Waals surface area contributed by atoms with E-state index in [0.717, 1.165) is 0 Å². The highest BCUT2D eigenvalue weighted by atomic mass is 16.6. The summed E-state index contributed by atoms with van der Waals surface area (Å²) in [6, 6.07) is 3.87. The van der Waals surface area contributed by atoms with Crippen molar-refractivity contribution in [1.29, 1.82) is 0 Å². The Kier molecular flexibility index (Phi) is 3.34. The maximum atomic E-state index is 11.2. The minimum Gasteiger partial charge on any atom is -0.326 e. The Hall–Kier alpha value is -2.24. The van der Waals surface area contributed by atoms with Crippen molar-refractivity contribution < 1.29 is 14.5 Å². The van der Waals surface area contributed by atoms with Crippen LogP contribution in [0.25, 0.3) is 0 Å². The second-order valence-electron chi connectivity index (χ2n) is 3.23. The van der Waals surface area contributed by atoms with Gasteiger partial charge in [0.25, 0.3) is 5.69 Å². The van der Waals surface area contributed by atoms with Crippen LogP contribution in [0.2, 0.25) is 0 Å². The average molecular weight is 222 g/mol. The standard InChI is InChI=1S/C10H10N2O4/c1-6(13)9-5-8(11-7(2)14)3-4-10(9)12(15)16/h3-5H,1-2H3,(H,11,14). The third-order valence-corrected chi connectivity index (χ3v) is 1.89. The van der Waals surface area contributed by atoms with E-state index in [1.807, 2.05) is 0 Å². The quantitative estimate of drug-likeness (QED) is 0.479. The Morgan fingerprint density at radius 2 is 1.94 bits per heavy atom. The molecule has 0 aromatic heterocycles. The SMILES string of the molecule is CC(=O)Nc1ccc([N+](=O)[O-])c(C(C)=O)c1. The van der Waals surface area contributed by atoms with Gasteiger partial charge in [0.1, 0.15) is 0 Å². The number of carbonyl (C=O) groups is 2. The molecule has 0 atom stereocenters. The molecule has 6 heteroatoms. The van der Waals surface area contributed by atoms with E-state index in [4.69, 9.17) is 0 Å². The molecular formula is C10H10N2O4. The number of carbonyl (C=O) groups excluding carboxylic acids is 2. The number of hydrogen-bond acceptors (Lipinski definition) is 4. The predicted molar refractivity (Wildman–Crippen MR) is 57.4 cm³/mol. The van der Waals surface area contributed by atoms with Gasteiger partial charge in [-0.15, -0.1) is 0 Å². The molecule has 0 saturated heterocycles. The van der Waals surface area contributed by atoms with Crippen molar-refractivity contribution in [3.8, 4) is 0 Å². The van der Waals surface area contributed by atoms with Crippen molar-refractivity contribution in [2.75, 3.05) is 5.32 Å². The molecule has 16 heavy (non-hydrogen) atoms. The molecule has 0 spiro atoms. The Bertz CT molecular complexity index is 468. The number of nitro benzene ring substituents is 1. The van der Waals surface area contributed by atoms with Gasteiger partial charge in [0.15, 0.2) is 5.78 Å². The molecule has 1 N–H and O–H groups in total. The molecule has 0 saturated carbocycles. The predicted octanol–water partition coefficient (Wildman–Crippen LogP) is 1.76. The minimum atomic E-state index is -0.631. The molecule has 1 aromatic carbocycles. The molecule has 0 aliphatic rings. The Morgan fingerprint density at radius 1 is 1.31 bits per heavy atom. The van der Waals surface area contributed by atoms with Crippen LogP contribution in [0.15, 0.2) is 18.2 Å². The van der Waals surface area contributed by atoms with Crippen molar-refractivity contribution in [3.63, 3.8) is 0 Å². The van der Waals surface area contributed by atoms with Crippen LogP contribution in [-0.2, 0) is 4.79 Å². The van der Waals surface area contributed by atoms with Crippen LogP contribution >= 0.6 is 0 Å². The van der Waals surface area contributed by atoms with Crippen molar-refractivity contribution in [2.24, 2.45) is 0 Å².